The highest BCUT2D eigenvalue weighted by Crippen LogP contribution is 2.35. The molecule has 0 spiro atoms. The molecule has 1 atom stereocenters. The summed E-state index contributed by atoms with van der Waals surface area (Å²) in [4.78, 5) is 0. The molecule has 0 nitrogen and oxygen atoms in total. The molecule has 0 saturated carbocycles. The summed E-state index contributed by atoms with van der Waals surface area (Å²) in [6.45, 7) is 11.5. The van der Waals surface area contributed by atoms with Gasteiger partial charge < -0.3 is 0 Å². The van der Waals surface area contributed by atoms with Crippen LogP contribution in [0.2, 0.25) is 0 Å². The molecular weight excluding hydrogens is 319 g/mol. The molecule has 0 N–H and O–H groups in total. The Balaban J connectivity index is 3.01. The van der Waals surface area contributed by atoms with Crippen LogP contribution in [0.3, 0.4) is 0 Å². The molecule has 0 fully saturated rings. The molecule has 0 bridgehead atoms. The molecule has 1 aromatic carbocycles. The summed E-state index contributed by atoms with van der Waals surface area (Å²) in [6.07, 6.45) is 3.74. The van der Waals surface area contributed by atoms with Crippen LogP contribution in [0, 0.1) is 0 Å². The van der Waals surface area contributed by atoms with Gasteiger partial charge in [0.2, 0.25) is 0 Å². The van der Waals surface area contributed by atoms with Crippen molar-refractivity contribution in [3.63, 3.8) is 0 Å². The second-order valence-electron chi connectivity index (χ2n) is 5.71. The van der Waals surface area contributed by atoms with Crippen molar-refractivity contribution < 1.29 is 0 Å². The average molecular weight is 344 g/mol. The Bertz CT molecular complexity index is 345. The Hall–Kier alpha value is -0.0500. The minimum atomic E-state index is 0.226. The van der Waals surface area contributed by atoms with Crippen LogP contribution in [0.1, 0.15) is 65.0 Å². The van der Waals surface area contributed by atoms with Crippen LogP contribution in [-0.4, -0.2) is 0 Å². The molecule has 1 unspecified atom stereocenters. The molecule has 17 heavy (non-hydrogen) atoms. The van der Waals surface area contributed by atoms with E-state index in [-0.39, 0.29) is 3.42 Å². The molecule has 0 aliphatic rings. The molecule has 0 saturated heterocycles. The first-order chi connectivity index (χ1) is 7.83. The van der Waals surface area contributed by atoms with Crippen molar-refractivity contribution in [1.82, 2.24) is 0 Å². The van der Waals surface area contributed by atoms with Gasteiger partial charge in [-0.15, -0.1) is 0 Å². The van der Waals surface area contributed by atoms with Gasteiger partial charge in [0.05, 0.1) is 0 Å². The molecule has 0 heterocycles. The molecule has 1 rings (SSSR count). The van der Waals surface area contributed by atoms with Crippen LogP contribution < -0.4 is 0 Å². The number of halogens is 1. The summed E-state index contributed by atoms with van der Waals surface area (Å²) in [5.41, 5.74) is 3.26. The van der Waals surface area contributed by atoms with Crippen LogP contribution in [0.4, 0.5) is 0 Å². The summed E-state index contributed by atoms with van der Waals surface area (Å²) >= 11 is 2.50. The Labute approximate surface area is 120 Å². The third-order valence-electron chi connectivity index (χ3n) is 3.85. The summed E-state index contributed by atoms with van der Waals surface area (Å²) in [5, 5.41) is 0. The maximum absolute atomic E-state index is 2.50. The van der Waals surface area contributed by atoms with E-state index in [1.54, 1.807) is 0 Å². The van der Waals surface area contributed by atoms with Gasteiger partial charge in [-0.25, -0.2) is 0 Å². The number of hydrogen-bond donors (Lipinski definition) is 0. The Morgan fingerprint density at radius 2 is 1.41 bits per heavy atom. The van der Waals surface area contributed by atoms with E-state index in [9.17, 15) is 0 Å². The third-order valence-corrected chi connectivity index (χ3v) is 4.47. The molecule has 0 aliphatic heterocycles. The predicted octanol–water partition coefficient (Wildman–Crippen LogP) is 5.82. The van der Waals surface area contributed by atoms with Gasteiger partial charge in [-0.1, -0.05) is 74.0 Å². The minimum absolute atomic E-state index is 0.226. The Morgan fingerprint density at radius 3 is 1.76 bits per heavy atom. The van der Waals surface area contributed by atoms with Crippen molar-refractivity contribution in [3.8, 4) is 0 Å². The molecule has 96 valence electrons. The Morgan fingerprint density at radius 1 is 0.941 bits per heavy atom. The number of alkyl halides is 1. The second-order valence-corrected chi connectivity index (χ2v) is 8.41. The molecular formula is C16H25I. The number of hydrogen-bond acceptors (Lipinski definition) is 0. The fourth-order valence-corrected chi connectivity index (χ4v) is 2.71. The standard InChI is InChI=1S/C16H25I/c1-6-12-16(5,7-2)14-10-8-13(9-11-14)15(3,4)17/h8-11H,6-7,12H2,1-5H3. The number of benzene rings is 1. The third kappa shape index (κ3) is 3.70. The van der Waals surface area contributed by atoms with Gasteiger partial charge in [-0.2, -0.15) is 0 Å². The van der Waals surface area contributed by atoms with E-state index in [2.05, 4.69) is 81.5 Å². The first kappa shape index (κ1) is 15.0. The smallest absolute Gasteiger partial charge is 0.0414 e. The predicted molar refractivity (Wildman–Crippen MR) is 86.0 cm³/mol. The van der Waals surface area contributed by atoms with Gasteiger partial charge in [0.1, 0.15) is 0 Å². The van der Waals surface area contributed by atoms with Crippen molar-refractivity contribution in [2.75, 3.05) is 0 Å². The largest absolute Gasteiger partial charge is 0.0743 e. The quantitative estimate of drug-likeness (QED) is 0.466. The van der Waals surface area contributed by atoms with Crippen LogP contribution in [-0.2, 0) is 8.84 Å². The van der Waals surface area contributed by atoms with Crippen LogP contribution in [0.15, 0.2) is 24.3 Å². The highest BCUT2D eigenvalue weighted by Gasteiger charge is 2.24. The molecule has 0 aromatic heterocycles. The van der Waals surface area contributed by atoms with Crippen LogP contribution in [0.5, 0.6) is 0 Å². The molecule has 1 heteroatoms. The zero-order valence-corrected chi connectivity index (χ0v) is 14.0. The van der Waals surface area contributed by atoms with Gasteiger partial charge in [0, 0.05) is 3.42 Å². The lowest BCUT2D eigenvalue weighted by molar-refractivity contribution is 0.413. The second kappa shape index (κ2) is 5.73. The van der Waals surface area contributed by atoms with E-state index < -0.39 is 0 Å². The van der Waals surface area contributed by atoms with Crippen molar-refractivity contribution in [3.05, 3.63) is 35.4 Å². The van der Waals surface area contributed by atoms with Crippen molar-refractivity contribution in [2.24, 2.45) is 0 Å². The summed E-state index contributed by atoms with van der Waals surface area (Å²) in [5.74, 6) is 0. The zero-order valence-electron chi connectivity index (χ0n) is 11.8. The fourth-order valence-electron chi connectivity index (χ4n) is 2.35. The fraction of sp³-hybridized carbons (Fsp3) is 0.625. The van der Waals surface area contributed by atoms with E-state index >= 15 is 0 Å². The van der Waals surface area contributed by atoms with Gasteiger partial charge in [0.25, 0.3) is 0 Å². The molecule has 1 aromatic rings. The minimum Gasteiger partial charge on any atom is -0.0743 e. The van der Waals surface area contributed by atoms with Crippen molar-refractivity contribution in [2.45, 2.75) is 62.7 Å². The summed E-state index contributed by atoms with van der Waals surface area (Å²) in [6, 6.07) is 9.25. The lowest BCUT2D eigenvalue weighted by atomic mass is 9.76. The van der Waals surface area contributed by atoms with Crippen LogP contribution >= 0.6 is 22.6 Å². The van der Waals surface area contributed by atoms with Crippen LogP contribution in [0.25, 0.3) is 0 Å². The summed E-state index contributed by atoms with van der Waals surface area (Å²) < 4.78 is 0.226. The van der Waals surface area contributed by atoms with Gasteiger partial charge in [-0.3, -0.25) is 0 Å². The maximum Gasteiger partial charge on any atom is 0.0414 e. The monoisotopic (exact) mass is 344 g/mol. The van der Waals surface area contributed by atoms with E-state index in [4.69, 9.17) is 0 Å². The lowest BCUT2D eigenvalue weighted by Crippen LogP contribution is -2.20. The summed E-state index contributed by atoms with van der Waals surface area (Å²) in [7, 11) is 0. The first-order valence-corrected chi connectivity index (χ1v) is 7.71. The average Bonchev–Trinajstić information content (AvgIpc) is 2.28. The molecule has 0 aliphatic carbocycles. The van der Waals surface area contributed by atoms with E-state index in [0.29, 0.717) is 5.41 Å². The molecule has 0 radical (unpaired) electrons. The van der Waals surface area contributed by atoms with Crippen molar-refractivity contribution in [1.29, 1.82) is 0 Å². The van der Waals surface area contributed by atoms with Gasteiger partial charge in [0.15, 0.2) is 0 Å². The number of rotatable bonds is 5. The van der Waals surface area contributed by atoms with Gasteiger partial charge >= 0.3 is 0 Å². The van der Waals surface area contributed by atoms with E-state index in [1.807, 2.05) is 0 Å². The zero-order chi connectivity index (χ0) is 13.1. The lowest BCUT2D eigenvalue weighted by Gasteiger charge is -2.29. The SMILES string of the molecule is CCCC(C)(CC)c1ccc(C(C)(C)I)cc1. The van der Waals surface area contributed by atoms with E-state index in [0.717, 1.165) is 0 Å². The highest BCUT2D eigenvalue weighted by atomic mass is 127. The Kier molecular flexibility index (Phi) is 5.06. The first-order valence-electron chi connectivity index (χ1n) is 6.63. The highest BCUT2D eigenvalue weighted by molar-refractivity contribution is 14.1. The normalized spacial score (nSPS) is 15.6. The van der Waals surface area contributed by atoms with Gasteiger partial charge in [-0.05, 0) is 43.2 Å². The van der Waals surface area contributed by atoms with E-state index in [1.165, 1.54) is 30.4 Å². The maximum atomic E-state index is 2.50. The topological polar surface area (TPSA) is 0 Å². The van der Waals surface area contributed by atoms with Crippen molar-refractivity contribution >= 4 is 22.6 Å². The molecule has 0 amide bonds.